The van der Waals surface area contributed by atoms with Gasteiger partial charge in [-0.25, -0.2) is 0 Å². The van der Waals surface area contributed by atoms with Crippen LogP contribution in [0.25, 0.3) is 0 Å². The van der Waals surface area contributed by atoms with Gasteiger partial charge in [0.15, 0.2) is 0 Å². The van der Waals surface area contributed by atoms with E-state index < -0.39 is 0 Å². The van der Waals surface area contributed by atoms with Crippen molar-refractivity contribution in [3.05, 3.63) is 27.1 Å². The van der Waals surface area contributed by atoms with Gasteiger partial charge in [-0.1, -0.05) is 6.07 Å². The van der Waals surface area contributed by atoms with Crippen molar-refractivity contribution in [3.8, 4) is 0 Å². The van der Waals surface area contributed by atoms with Gasteiger partial charge in [-0.2, -0.15) is 0 Å². The SMILES string of the molecule is CN(C)c1cccc(Br)c1Br. The van der Waals surface area contributed by atoms with Crippen molar-refractivity contribution < 1.29 is 0 Å². The second-order valence-corrected chi connectivity index (χ2v) is 4.11. The minimum absolute atomic E-state index is 1.09. The zero-order chi connectivity index (χ0) is 8.43. The molecule has 0 bridgehead atoms. The molecule has 0 saturated carbocycles. The summed E-state index contributed by atoms with van der Waals surface area (Å²) in [7, 11) is 4.04. The van der Waals surface area contributed by atoms with Crippen LogP contribution in [0.15, 0.2) is 27.1 Å². The average molecular weight is 279 g/mol. The summed E-state index contributed by atoms with van der Waals surface area (Å²) in [5, 5.41) is 0. The van der Waals surface area contributed by atoms with Gasteiger partial charge in [0.2, 0.25) is 0 Å². The first-order valence-corrected chi connectivity index (χ1v) is 4.83. The highest BCUT2D eigenvalue weighted by molar-refractivity contribution is 9.13. The van der Waals surface area contributed by atoms with E-state index in [1.165, 1.54) is 5.69 Å². The van der Waals surface area contributed by atoms with E-state index in [4.69, 9.17) is 0 Å². The van der Waals surface area contributed by atoms with E-state index >= 15 is 0 Å². The van der Waals surface area contributed by atoms with Gasteiger partial charge in [0.1, 0.15) is 0 Å². The number of anilines is 1. The van der Waals surface area contributed by atoms with Gasteiger partial charge in [0.05, 0.1) is 10.2 Å². The van der Waals surface area contributed by atoms with Gasteiger partial charge in [0.25, 0.3) is 0 Å². The molecule has 0 aliphatic heterocycles. The fourth-order valence-electron chi connectivity index (χ4n) is 0.838. The van der Waals surface area contributed by atoms with Crippen LogP contribution in [0, 0.1) is 0 Å². The number of nitrogens with zero attached hydrogens (tertiary/aromatic N) is 1. The number of rotatable bonds is 1. The first kappa shape index (κ1) is 9.07. The third-order valence-electron chi connectivity index (χ3n) is 1.41. The van der Waals surface area contributed by atoms with Crippen molar-refractivity contribution in [1.82, 2.24) is 0 Å². The summed E-state index contributed by atoms with van der Waals surface area (Å²) >= 11 is 6.93. The maximum absolute atomic E-state index is 3.49. The summed E-state index contributed by atoms with van der Waals surface area (Å²) in [6.45, 7) is 0. The molecule has 0 radical (unpaired) electrons. The molecule has 1 nitrogen and oxygen atoms in total. The second-order valence-electron chi connectivity index (χ2n) is 2.47. The maximum Gasteiger partial charge on any atom is 0.0550 e. The molecule has 0 saturated heterocycles. The summed E-state index contributed by atoms with van der Waals surface area (Å²) in [6, 6.07) is 6.09. The quantitative estimate of drug-likeness (QED) is 0.762. The summed E-state index contributed by atoms with van der Waals surface area (Å²) in [5.74, 6) is 0. The van der Waals surface area contributed by atoms with Crippen molar-refractivity contribution in [2.75, 3.05) is 19.0 Å². The van der Waals surface area contributed by atoms with Crippen LogP contribution < -0.4 is 4.90 Å². The lowest BCUT2D eigenvalue weighted by Crippen LogP contribution is -2.09. The molecule has 0 heterocycles. The van der Waals surface area contributed by atoms with Crippen molar-refractivity contribution in [2.45, 2.75) is 0 Å². The van der Waals surface area contributed by atoms with E-state index in [9.17, 15) is 0 Å². The maximum atomic E-state index is 3.49. The first-order valence-electron chi connectivity index (χ1n) is 3.24. The molecule has 1 rings (SSSR count). The summed E-state index contributed by atoms with van der Waals surface area (Å²) in [4.78, 5) is 2.06. The monoisotopic (exact) mass is 277 g/mol. The number of hydrogen-bond acceptors (Lipinski definition) is 1. The molecule has 60 valence electrons. The summed E-state index contributed by atoms with van der Waals surface area (Å²) in [6.07, 6.45) is 0. The topological polar surface area (TPSA) is 3.24 Å². The predicted molar refractivity (Wildman–Crippen MR) is 56.2 cm³/mol. The molecule has 0 atom stereocenters. The molecule has 0 aromatic heterocycles. The average Bonchev–Trinajstić information content (AvgIpc) is 1.94. The lowest BCUT2D eigenvalue weighted by Gasteiger charge is -2.14. The van der Waals surface area contributed by atoms with Gasteiger partial charge < -0.3 is 4.90 Å². The van der Waals surface area contributed by atoms with Crippen LogP contribution in [-0.2, 0) is 0 Å². The van der Waals surface area contributed by atoms with E-state index in [2.05, 4.69) is 42.8 Å². The van der Waals surface area contributed by atoms with Gasteiger partial charge >= 0.3 is 0 Å². The predicted octanol–water partition coefficient (Wildman–Crippen LogP) is 3.28. The zero-order valence-electron chi connectivity index (χ0n) is 6.44. The Kier molecular flexibility index (Phi) is 2.96. The van der Waals surface area contributed by atoms with Crippen LogP contribution >= 0.6 is 31.9 Å². The van der Waals surface area contributed by atoms with Gasteiger partial charge in [0, 0.05) is 18.6 Å². The van der Waals surface area contributed by atoms with Crippen LogP contribution in [0.4, 0.5) is 5.69 Å². The highest BCUT2D eigenvalue weighted by Crippen LogP contribution is 2.31. The van der Waals surface area contributed by atoms with E-state index in [0.717, 1.165) is 8.95 Å². The van der Waals surface area contributed by atoms with E-state index in [0.29, 0.717) is 0 Å². The van der Waals surface area contributed by atoms with Gasteiger partial charge in [-0.05, 0) is 44.0 Å². The molecular formula is C8H9Br2N. The van der Waals surface area contributed by atoms with Crippen LogP contribution in [0.2, 0.25) is 0 Å². The lowest BCUT2D eigenvalue weighted by molar-refractivity contribution is 1.12. The van der Waals surface area contributed by atoms with Gasteiger partial charge in [-0.3, -0.25) is 0 Å². The van der Waals surface area contributed by atoms with E-state index in [1.807, 2.05) is 26.2 Å². The Morgan fingerprint density at radius 1 is 1.18 bits per heavy atom. The Morgan fingerprint density at radius 3 is 2.27 bits per heavy atom. The van der Waals surface area contributed by atoms with Crippen molar-refractivity contribution >= 4 is 37.5 Å². The molecule has 11 heavy (non-hydrogen) atoms. The van der Waals surface area contributed by atoms with Crippen molar-refractivity contribution in [3.63, 3.8) is 0 Å². The summed E-state index contributed by atoms with van der Waals surface area (Å²) in [5.41, 5.74) is 1.18. The molecule has 0 N–H and O–H groups in total. The molecule has 0 aliphatic carbocycles. The Bertz CT molecular complexity index is 258. The van der Waals surface area contributed by atoms with Crippen LogP contribution in [0.1, 0.15) is 0 Å². The Balaban J connectivity index is 3.17. The van der Waals surface area contributed by atoms with Gasteiger partial charge in [-0.15, -0.1) is 0 Å². The molecule has 3 heteroatoms. The highest BCUT2D eigenvalue weighted by Gasteiger charge is 2.03. The third-order valence-corrected chi connectivity index (χ3v) is 3.44. The minimum atomic E-state index is 1.09. The lowest BCUT2D eigenvalue weighted by atomic mass is 10.3. The fraction of sp³-hybridized carbons (Fsp3) is 0.250. The number of halogens is 2. The molecule has 0 spiro atoms. The first-order chi connectivity index (χ1) is 5.13. The molecule has 1 aromatic carbocycles. The molecular weight excluding hydrogens is 270 g/mol. The van der Waals surface area contributed by atoms with Crippen molar-refractivity contribution in [2.24, 2.45) is 0 Å². The highest BCUT2D eigenvalue weighted by atomic mass is 79.9. The molecule has 0 fully saturated rings. The normalized spacial score (nSPS) is 9.82. The largest absolute Gasteiger partial charge is 0.377 e. The third kappa shape index (κ3) is 1.97. The number of benzene rings is 1. The van der Waals surface area contributed by atoms with Crippen LogP contribution in [0.5, 0.6) is 0 Å². The molecule has 0 aliphatic rings. The molecule has 1 aromatic rings. The Labute approximate surface area is 83.7 Å². The zero-order valence-corrected chi connectivity index (χ0v) is 9.61. The smallest absolute Gasteiger partial charge is 0.0550 e. The van der Waals surface area contributed by atoms with E-state index in [-0.39, 0.29) is 0 Å². The van der Waals surface area contributed by atoms with Crippen LogP contribution in [0.3, 0.4) is 0 Å². The van der Waals surface area contributed by atoms with Crippen molar-refractivity contribution in [1.29, 1.82) is 0 Å². The standard InChI is InChI=1S/C8H9Br2N/c1-11(2)7-5-3-4-6(9)8(7)10/h3-5H,1-2H3. The minimum Gasteiger partial charge on any atom is -0.377 e. The van der Waals surface area contributed by atoms with E-state index in [1.54, 1.807) is 0 Å². The van der Waals surface area contributed by atoms with Crippen LogP contribution in [-0.4, -0.2) is 14.1 Å². The Hall–Kier alpha value is -0.0200. The second kappa shape index (κ2) is 3.59. The molecule has 0 amide bonds. The molecule has 0 unspecified atom stereocenters. The Morgan fingerprint density at radius 2 is 1.82 bits per heavy atom. The number of hydrogen-bond donors (Lipinski definition) is 0. The fourth-order valence-corrected chi connectivity index (χ4v) is 1.81. The summed E-state index contributed by atoms with van der Waals surface area (Å²) < 4.78 is 2.19.